The van der Waals surface area contributed by atoms with E-state index in [4.69, 9.17) is 4.74 Å². The second-order valence-electron chi connectivity index (χ2n) is 6.21. The minimum atomic E-state index is -0.0696. The van der Waals surface area contributed by atoms with Crippen molar-refractivity contribution >= 4 is 17.8 Å². The minimum absolute atomic E-state index is 0.0696. The van der Waals surface area contributed by atoms with E-state index in [1.807, 2.05) is 11.9 Å². The molecule has 2 fully saturated rings. The van der Waals surface area contributed by atoms with Gasteiger partial charge in [0.05, 0.1) is 6.61 Å². The van der Waals surface area contributed by atoms with Crippen LogP contribution in [-0.2, 0) is 14.3 Å². The van der Waals surface area contributed by atoms with E-state index < -0.39 is 0 Å². The van der Waals surface area contributed by atoms with Gasteiger partial charge in [-0.15, -0.1) is 0 Å². The number of likely N-dealkylation sites (tertiary alicyclic amines) is 1. The molecule has 0 aromatic heterocycles. The molecule has 0 aromatic rings. The van der Waals surface area contributed by atoms with Crippen LogP contribution in [0.15, 0.2) is 4.99 Å². The Labute approximate surface area is 138 Å². The van der Waals surface area contributed by atoms with E-state index in [9.17, 15) is 9.59 Å². The van der Waals surface area contributed by atoms with Crippen molar-refractivity contribution in [3.8, 4) is 0 Å². The van der Waals surface area contributed by atoms with Gasteiger partial charge in [0.1, 0.15) is 0 Å². The third kappa shape index (κ3) is 5.82. The molecule has 130 valence electrons. The zero-order valence-corrected chi connectivity index (χ0v) is 14.2. The maximum atomic E-state index is 11.7. The monoisotopic (exact) mass is 324 g/mol. The topological polar surface area (TPSA) is 74.2 Å². The van der Waals surface area contributed by atoms with Gasteiger partial charge in [0.25, 0.3) is 0 Å². The Kier molecular flexibility index (Phi) is 6.83. The maximum absolute atomic E-state index is 11.7. The smallest absolute Gasteiger partial charge is 0.229 e. The van der Waals surface area contributed by atoms with Gasteiger partial charge in [0.15, 0.2) is 5.96 Å². The second kappa shape index (κ2) is 8.86. The Morgan fingerprint density at radius 2 is 2.04 bits per heavy atom. The van der Waals surface area contributed by atoms with Gasteiger partial charge in [-0.1, -0.05) is 0 Å². The Hall–Kier alpha value is -1.63. The summed E-state index contributed by atoms with van der Waals surface area (Å²) in [6.07, 6.45) is 4.21. The fourth-order valence-corrected chi connectivity index (χ4v) is 2.56. The van der Waals surface area contributed by atoms with E-state index in [-0.39, 0.29) is 11.8 Å². The van der Waals surface area contributed by atoms with Crippen LogP contribution in [0.5, 0.6) is 0 Å². The molecule has 0 spiro atoms. The summed E-state index contributed by atoms with van der Waals surface area (Å²) in [5.41, 5.74) is 0. The summed E-state index contributed by atoms with van der Waals surface area (Å²) in [6.45, 7) is 3.20. The first-order chi connectivity index (χ1) is 11.1. The van der Waals surface area contributed by atoms with Crippen LogP contribution in [0.25, 0.3) is 0 Å². The quantitative estimate of drug-likeness (QED) is 0.304. The second-order valence-corrected chi connectivity index (χ2v) is 6.21. The molecule has 0 bridgehead atoms. The predicted octanol–water partition coefficient (Wildman–Crippen LogP) is 0.459. The molecule has 7 nitrogen and oxygen atoms in total. The predicted molar refractivity (Wildman–Crippen MR) is 88.1 cm³/mol. The first kappa shape index (κ1) is 17.7. The molecule has 0 aromatic carbocycles. The Morgan fingerprint density at radius 1 is 1.35 bits per heavy atom. The van der Waals surface area contributed by atoms with Crippen LogP contribution in [0, 0.1) is 5.92 Å². The fourth-order valence-electron chi connectivity index (χ4n) is 2.56. The van der Waals surface area contributed by atoms with Crippen molar-refractivity contribution in [3.63, 3.8) is 0 Å². The van der Waals surface area contributed by atoms with Crippen molar-refractivity contribution in [1.29, 1.82) is 0 Å². The molecule has 1 aliphatic carbocycles. The average Bonchev–Trinajstić information content (AvgIpc) is 3.34. The van der Waals surface area contributed by atoms with Crippen molar-refractivity contribution in [2.75, 3.05) is 46.9 Å². The van der Waals surface area contributed by atoms with Crippen LogP contribution in [0.2, 0.25) is 0 Å². The van der Waals surface area contributed by atoms with E-state index in [0.29, 0.717) is 39.0 Å². The van der Waals surface area contributed by atoms with Gasteiger partial charge in [-0.3, -0.25) is 19.5 Å². The Balaban J connectivity index is 1.64. The summed E-state index contributed by atoms with van der Waals surface area (Å²) >= 11 is 0. The number of aliphatic imine (C=N–C) groups is 1. The van der Waals surface area contributed by atoms with E-state index in [0.717, 1.165) is 25.0 Å². The highest BCUT2D eigenvalue weighted by Crippen LogP contribution is 2.28. The van der Waals surface area contributed by atoms with Crippen molar-refractivity contribution in [2.24, 2.45) is 10.9 Å². The third-order valence-electron chi connectivity index (χ3n) is 4.20. The first-order valence-electron chi connectivity index (χ1n) is 8.44. The summed E-state index contributed by atoms with van der Waals surface area (Å²) < 4.78 is 5.63. The molecule has 0 unspecified atom stereocenters. The van der Waals surface area contributed by atoms with E-state index >= 15 is 0 Å². The summed E-state index contributed by atoms with van der Waals surface area (Å²) in [6, 6.07) is 0. The lowest BCUT2D eigenvalue weighted by Gasteiger charge is -2.26. The molecule has 1 saturated carbocycles. The van der Waals surface area contributed by atoms with E-state index in [1.54, 1.807) is 7.05 Å². The molecular weight excluding hydrogens is 296 g/mol. The fraction of sp³-hybridized carbons (Fsp3) is 0.812. The third-order valence-corrected chi connectivity index (χ3v) is 4.20. The lowest BCUT2D eigenvalue weighted by atomic mass is 10.1. The highest BCUT2D eigenvalue weighted by Gasteiger charge is 2.25. The maximum Gasteiger partial charge on any atom is 0.229 e. The summed E-state index contributed by atoms with van der Waals surface area (Å²) in [4.78, 5) is 31.0. The van der Waals surface area contributed by atoms with Gasteiger partial charge in [-0.25, -0.2) is 0 Å². The molecule has 1 saturated heterocycles. The highest BCUT2D eigenvalue weighted by atomic mass is 16.5. The molecule has 2 aliphatic rings. The van der Waals surface area contributed by atoms with Crippen LogP contribution in [0.4, 0.5) is 0 Å². The van der Waals surface area contributed by atoms with Crippen molar-refractivity contribution < 1.29 is 14.3 Å². The standard InChI is InChI=1S/C16H28N4O3/c1-17-16(19(2)10-11-23-12-13-6-7-13)18-8-9-20-14(21)4-3-5-15(20)22/h13H,3-12H2,1-2H3,(H,17,18). The number of hydrogen-bond acceptors (Lipinski definition) is 4. The molecule has 1 heterocycles. The Bertz CT molecular complexity index is 433. The minimum Gasteiger partial charge on any atom is -0.379 e. The molecule has 0 radical (unpaired) electrons. The number of amides is 2. The normalized spacial score (nSPS) is 19.2. The number of piperidine rings is 1. The number of nitrogens with one attached hydrogen (secondary N) is 1. The van der Waals surface area contributed by atoms with Gasteiger partial charge in [-0.2, -0.15) is 0 Å². The first-order valence-corrected chi connectivity index (χ1v) is 8.44. The number of imide groups is 1. The van der Waals surface area contributed by atoms with Crippen LogP contribution >= 0.6 is 0 Å². The van der Waals surface area contributed by atoms with Gasteiger partial charge in [0.2, 0.25) is 11.8 Å². The molecule has 2 rings (SSSR count). The van der Waals surface area contributed by atoms with Crippen molar-refractivity contribution in [2.45, 2.75) is 32.1 Å². The van der Waals surface area contributed by atoms with Crippen LogP contribution in [0.3, 0.4) is 0 Å². The number of guanidine groups is 1. The van der Waals surface area contributed by atoms with Gasteiger partial charge in [-0.05, 0) is 25.2 Å². The molecular formula is C16H28N4O3. The zero-order chi connectivity index (χ0) is 16.7. The number of nitrogens with zero attached hydrogens (tertiary/aromatic N) is 3. The zero-order valence-electron chi connectivity index (χ0n) is 14.2. The van der Waals surface area contributed by atoms with Crippen LogP contribution in [0.1, 0.15) is 32.1 Å². The number of rotatable bonds is 8. The van der Waals surface area contributed by atoms with E-state index in [2.05, 4.69) is 10.3 Å². The molecule has 23 heavy (non-hydrogen) atoms. The van der Waals surface area contributed by atoms with Gasteiger partial charge < -0.3 is 15.0 Å². The lowest BCUT2D eigenvalue weighted by Crippen LogP contribution is -2.47. The summed E-state index contributed by atoms with van der Waals surface area (Å²) in [5, 5.41) is 3.19. The number of carbonyl (C=O) groups is 2. The molecule has 7 heteroatoms. The largest absolute Gasteiger partial charge is 0.379 e. The van der Waals surface area contributed by atoms with Crippen LogP contribution in [-0.4, -0.2) is 74.5 Å². The molecule has 0 atom stereocenters. The van der Waals surface area contributed by atoms with Crippen molar-refractivity contribution in [3.05, 3.63) is 0 Å². The molecule has 2 amide bonds. The van der Waals surface area contributed by atoms with Crippen molar-refractivity contribution in [1.82, 2.24) is 15.1 Å². The van der Waals surface area contributed by atoms with Gasteiger partial charge >= 0.3 is 0 Å². The SMILES string of the molecule is CN=C(NCCN1C(=O)CCCC1=O)N(C)CCOCC1CC1. The van der Waals surface area contributed by atoms with E-state index in [1.165, 1.54) is 17.7 Å². The summed E-state index contributed by atoms with van der Waals surface area (Å²) in [5.74, 6) is 1.38. The average molecular weight is 324 g/mol. The summed E-state index contributed by atoms with van der Waals surface area (Å²) in [7, 11) is 3.67. The Morgan fingerprint density at radius 3 is 2.65 bits per heavy atom. The van der Waals surface area contributed by atoms with Crippen LogP contribution < -0.4 is 5.32 Å². The molecule has 1 aliphatic heterocycles. The molecule has 1 N–H and O–H groups in total. The number of hydrogen-bond donors (Lipinski definition) is 1. The number of likely N-dealkylation sites (N-methyl/N-ethyl adjacent to an activating group) is 1. The number of ether oxygens (including phenoxy) is 1. The number of carbonyl (C=O) groups excluding carboxylic acids is 2. The van der Waals surface area contributed by atoms with Gasteiger partial charge in [0, 0.05) is 53.2 Å². The highest BCUT2D eigenvalue weighted by molar-refractivity contribution is 5.97. The lowest BCUT2D eigenvalue weighted by molar-refractivity contribution is -0.147.